The average Bonchev–Trinajstić information content (AvgIpc) is 2.77. The summed E-state index contributed by atoms with van der Waals surface area (Å²) < 4.78 is 7.22. The van der Waals surface area contributed by atoms with E-state index in [0.717, 1.165) is 13.0 Å². The fraction of sp³-hybridized carbons (Fsp3) is 0.455. The lowest BCUT2D eigenvalue weighted by atomic mass is 10.4. The molecule has 2 rings (SSSR count). The van der Waals surface area contributed by atoms with E-state index in [-0.39, 0.29) is 12.0 Å². The summed E-state index contributed by atoms with van der Waals surface area (Å²) in [4.78, 5) is 16.4. The molecule has 0 amide bonds. The molecule has 2 aromatic heterocycles. The predicted octanol–water partition coefficient (Wildman–Crippen LogP) is 1.13. The Morgan fingerprint density at radius 3 is 2.83 bits per heavy atom. The summed E-state index contributed by atoms with van der Waals surface area (Å²) in [7, 11) is 0. The van der Waals surface area contributed by atoms with Crippen LogP contribution in [0.25, 0.3) is 11.6 Å². The van der Waals surface area contributed by atoms with Gasteiger partial charge in [-0.2, -0.15) is 15.0 Å². The van der Waals surface area contributed by atoms with Crippen LogP contribution in [-0.2, 0) is 6.54 Å². The molecular formula is C11H16N6O. The van der Waals surface area contributed by atoms with Crippen LogP contribution in [0, 0.1) is 0 Å². The lowest BCUT2D eigenvalue weighted by Gasteiger charge is -2.07. The number of aromatic nitrogens is 5. The summed E-state index contributed by atoms with van der Waals surface area (Å²) in [5.41, 5.74) is 5.64. The van der Waals surface area contributed by atoms with E-state index >= 15 is 0 Å². The Balaban J connectivity index is 2.39. The molecule has 0 aromatic carbocycles. The molecule has 0 unspecified atom stereocenters. The van der Waals surface area contributed by atoms with Crippen molar-refractivity contribution in [2.75, 3.05) is 12.3 Å². The highest BCUT2D eigenvalue weighted by Gasteiger charge is 2.12. The zero-order valence-corrected chi connectivity index (χ0v) is 10.5. The summed E-state index contributed by atoms with van der Waals surface area (Å²) in [5, 5.41) is 0. The minimum absolute atomic E-state index is 0.134. The van der Waals surface area contributed by atoms with Gasteiger partial charge in [0.05, 0.1) is 6.61 Å². The number of aryl methyl sites for hydroxylation is 1. The molecule has 2 heterocycles. The van der Waals surface area contributed by atoms with E-state index in [9.17, 15) is 0 Å². The number of rotatable bonds is 5. The van der Waals surface area contributed by atoms with Crippen LogP contribution >= 0.6 is 0 Å². The summed E-state index contributed by atoms with van der Waals surface area (Å²) >= 11 is 0. The highest BCUT2D eigenvalue weighted by molar-refractivity contribution is 5.46. The van der Waals surface area contributed by atoms with Gasteiger partial charge in [-0.25, -0.2) is 4.98 Å². The fourth-order valence-electron chi connectivity index (χ4n) is 1.60. The number of ether oxygens (including phenoxy) is 1. The number of anilines is 1. The lowest BCUT2D eigenvalue weighted by Crippen LogP contribution is -2.07. The topological polar surface area (TPSA) is 91.7 Å². The van der Waals surface area contributed by atoms with Gasteiger partial charge in [0.1, 0.15) is 0 Å². The second kappa shape index (κ2) is 5.44. The maximum Gasteiger partial charge on any atom is 0.321 e. The summed E-state index contributed by atoms with van der Waals surface area (Å²) in [6, 6.07) is 0.228. The molecular weight excluding hydrogens is 232 g/mol. The summed E-state index contributed by atoms with van der Waals surface area (Å²) in [6.07, 6.45) is 4.60. The van der Waals surface area contributed by atoms with Gasteiger partial charge >= 0.3 is 6.01 Å². The standard InChI is InChI=1S/C11H16N6O/c1-3-6-17-7-5-13-9(17)8-14-10(12)16-11(15-8)18-4-2/h5,7H,3-4,6H2,1-2H3,(H2,12,14,15,16). The van der Waals surface area contributed by atoms with E-state index in [1.54, 1.807) is 6.20 Å². The van der Waals surface area contributed by atoms with Crippen LogP contribution in [0.4, 0.5) is 5.95 Å². The Bertz CT molecular complexity index is 524. The van der Waals surface area contributed by atoms with Crippen molar-refractivity contribution in [3.8, 4) is 17.7 Å². The first-order valence-electron chi connectivity index (χ1n) is 5.90. The van der Waals surface area contributed by atoms with E-state index in [4.69, 9.17) is 10.5 Å². The molecule has 0 bridgehead atoms. The lowest BCUT2D eigenvalue weighted by molar-refractivity contribution is 0.312. The molecule has 0 spiro atoms. The van der Waals surface area contributed by atoms with Crippen molar-refractivity contribution in [2.45, 2.75) is 26.8 Å². The monoisotopic (exact) mass is 248 g/mol. The van der Waals surface area contributed by atoms with Gasteiger partial charge in [-0.3, -0.25) is 0 Å². The van der Waals surface area contributed by atoms with Crippen LogP contribution < -0.4 is 10.5 Å². The Hall–Kier alpha value is -2.18. The number of nitrogens with two attached hydrogens (primary N) is 1. The van der Waals surface area contributed by atoms with E-state index in [1.165, 1.54) is 0 Å². The molecule has 0 fully saturated rings. The quantitative estimate of drug-likeness (QED) is 0.852. The van der Waals surface area contributed by atoms with Crippen molar-refractivity contribution < 1.29 is 4.74 Å². The van der Waals surface area contributed by atoms with Crippen LogP contribution in [0.5, 0.6) is 6.01 Å². The third-order valence-electron chi connectivity index (χ3n) is 2.29. The van der Waals surface area contributed by atoms with Crippen LogP contribution in [0.15, 0.2) is 12.4 Å². The van der Waals surface area contributed by atoms with Gasteiger partial charge in [0.15, 0.2) is 5.82 Å². The predicted molar refractivity (Wildman–Crippen MR) is 66.9 cm³/mol. The molecule has 7 heteroatoms. The van der Waals surface area contributed by atoms with Crippen molar-refractivity contribution >= 4 is 5.95 Å². The van der Waals surface area contributed by atoms with E-state index in [2.05, 4.69) is 26.9 Å². The zero-order valence-electron chi connectivity index (χ0n) is 10.5. The van der Waals surface area contributed by atoms with Crippen molar-refractivity contribution in [1.29, 1.82) is 0 Å². The highest BCUT2D eigenvalue weighted by Crippen LogP contribution is 2.16. The SMILES string of the molecule is CCCn1ccnc1-c1nc(N)nc(OCC)n1. The minimum Gasteiger partial charge on any atom is -0.464 e. The number of hydrogen-bond acceptors (Lipinski definition) is 6. The van der Waals surface area contributed by atoms with Crippen LogP contribution in [0.3, 0.4) is 0 Å². The van der Waals surface area contributed by atoms with Gasteiger partial charge in [-0.15, -0.1) is 0 Å². The number of imidazole rings is 1. The van der Waals surface area contributed by atoms with Gasteiger partial charge in [0.2, 0.25) is 11.8 Å². The summed E-state index contributed by atoms with van der Waals surface area (Å²) in [5.74, 6) is 1.24. The van der Waals surface area contributed by atoms with Gasteiger partial charge in [-0.05, 0) is 13.3 Å². The Kier molecular flexibility index (Phi) is 3.71. The molecule has 2 aromatic rings. The zero-order chi connectivity index (χ0) is 13.0. The van der Waals surface area contributed by atoms with Gasteiger partial charge in [-0.1, -0.05) is 6.92 Å². The largest absolute Gasteiger partial charge is 0.464 e. The Labute approximate surface area is 105 Å². The second-order valence-corrected chi connectivity index (χ2v) is 3.68. The third-order valence-corrected chi connectivity index (χ3v) is 2.29. The van der Waals surface area contributed by atoms with Crippen molar-refractivity contribution in [3.63, 3.8) is 0 Å². The maximum atomic E-state index is 5.64. The van der Waals surface area contributed by atoms with E-state index in [0.29, 0.717) is 18.3 Å². The molecule has 2 N–H and O–H groups in total. The van der Waals surface area contributed by atoms with E-state index < -0.39 is 0 Å². The molecule has 7 nitrogen and oxygen atoms in total. The summed E-state index contributed by atoms with van der Waals surface area (Å²) in [6.45, 7) is 5.28. The Morgan fingerprint density at radius 2 is 2.11 bits per heavy atom. The number of hydrogen-bond donors (Lipinski definition) is 1. The van der Waals surface area contributed by atoms with Crippen molar-refractivity contribution in [3.05, 3.63) is 12.4 Å². The van der Waals surface area contributed by atoms with E-state index in [1.807, 2.05) is 17.7 Å². The first kappa shape index (κ1) is 12.3. The van der Waals surface area contributed by atoms with Crippen LogP contribution in [0.1, 0.15) is 20.3 Å². The molecule has 0 radical (unpaired) electrons. The molecule has 96 valence electrons. The van der Waals surface area contributed by atoms with Gasteiger partial charge in [0.25, 0.3) is 0 Å². The molecule has 0 saturated carbocycles. The highest BCUT2D eigenvalue weighted by atomic mass is 16.5. The van der Waals surface area contributed by atoms with Gasteiger partial charge < -0.3 is 15.0 Å². The molecule has 0 aliphatic heterocycles. The normalized spacial score (nSPS) is 10.6. The van der Waals surface area contributed by atoms with Crippen molar-refractivity contribution in [2.24, 2.45) is 0 Å². The first-order valence-corrected chi connectivity index (χ1v) is 5.90. The average molecular weight is 248 g/mol. The Morgan fingerprint density at radius 1 is 1.28 bits per heavy atom. The first-order chi connectivity index (χ1) is 8.74. The smallest absolute Gasteiger partial charge is 0.321 e. The van der Waals surface area contributed by atoms with Crippen LogP contribution in [-0.4, -0.2) is 31.1 Å². The molecule has 18 heavy (non-hydrogen) atoms. The molecule has 0 aliphatic rings. The fourth-order valence-corrected chi connectivity index (χ4v) is 1.60. The minimum atomic E-state index is 0.134. The molecule has 0 aliphatic carbocycles. The molecule has 0 atom stereocenters. The van der Waals surface area contributed by atoms with Crippen LogP contribution in [0.2, 0.25) is 0 Å². The third kappa shape index (κ3) is 2.55. The number of nitrogen functional groups attached to an aromatic ring is 1. The van der Waals surface area contributed by atoms with Gasteiger partial charge in [0, 0.05) is 18.9 Å². The molecule has 0 saturated heterocycles. The number of nitrogens with zero attached hydrogens (tertiary/aromatic N) is 5. The van der Waals surface area contributed by atoms with Crippen molar-refractivity contribution in [1.82, 2.24) is 24.5 Å². The second-order valence-electron chi connectivity index (χ2n) is 3.68. The maximum absolute atomic E-state index is 5.64.